The second-order valence-corrected chi connectivity index (χ2v) is 4.68. The number of hydrogen-bond donors (Lipinski definition) is 1. The highest BCUT2D eigenvalue weighted by molar-refractivity contribution is 9.10. The largest absolute Gasteiger partial charge is 0.411 e. The van der Waals surface area contributed by atoms with Crippen molar-refractivity contribution in [3.05, 3.63) is 16.0 Å². The van der Waals surface area contributed by atoms with Gasteiger partial charge >= 0.3 is 6.18 Å². The lowest BCUT2D eigenvalue weighted by Crippen LogP contribution is -2.39. The molecule has 8 heteroatoms. The second-order valence-electron chi connectivity index (χ2n) is 3.53. The van der Waals surface area contributed by atoms with Crippen LogP contribution in [0, 0.1) is 0 Å². The molecule has 0 aliphatic heterocycles. The van der Waals surface area contributed by atoms with E-state index in [0.29, 0.717) is 0 Å². The highest BCUT2D eigenvalue weighted by atomic mass is 79.9. The summed E-state index contributed by atoms with van der Waals surface area (Å²) in [4.78, 5) is 7.36. The van der Waals surface area contributed by atoms with Crippen molar-refractivity contribution in [2.24, 2.45) is 0 Å². The number of anilines is 1. The van der Waals surface area contributed by atoms with E-state index in [1.54, 1.807) is 0 Å². The smallest absolute Gasteiger partial charge is 0.355 e. The Balaban J connectivity index is 2.25. The van der Waals surface area contributed by atoms with Crippen LogP contribution in [-0.2, 0) is 0 Å². The molecular formula is C8H6BrClF3N3. The Morgan fingerprint density at radius 1 is 1.38 bits per heavy atom. The van der Waals surface area contributed by atoms with Crippen LogP contribution in [0.25, 0.3) is 0 Å². The summed E-state index contributed by atoms with van der Waals surface area (Å²) in [6, 6.07) is 0. The molecule has 1 heterocycles. The summed E-state index contributed by atoms with van der Waals surface area (Å²) in [6.45, 7) is 0. The number of hydrogen-bond acceptors (Lipinski definition) is 3. The average Bonchev–Trinajstić information content (AvgIpc) is 2.93. The maximum absolute atomic E-state index is 12.7. The van der Waals surface area contributed by atoms with Gasteiger partial charge in [-0.05, 0) is 28.8 Å². The fraction of sp³-hybridized carbons (Fsp3) is 0.500. The van der Waals surface area contributed by atoms with Gasteiger partial charge in [0.15, 0.2) is 0 Å². The molecule has 3 nitrogen and oxygen atoms in total. The Labute approximate surface area is 103 Å². The summed E-state index contributed by atoms with van der Waals surface area (Å²) in [5, 5.41) is 2.45. The molecule has 0 bridgehead atoms. The topological polar surface area (TPSA) is 37.8 Å². The van der Waals surface area contributed by atoms with E-state index in [1.807, 2.05) is 0 Å². The quantitative estimate of drug-likeness (QED) is 0.850. The van der Waals surface area contributed by atoms with E-state index >= 15 is 0 Å². The van der Waals surface area contributed by atoms with E-state index < -0.39 is 11.7 Å². The van der Waals surface area contributed by atoms with Gasteiger partial charge in [0, 0.05) is 0 Å². The third-order valence-corrected chi connectivity index (χ3v) is 3.66. The van der Waals surface area contributed by atoms with Gasteiger partial charge in [0.1, 0.15) is 22.8 Å². The van der Waals surface area contributed by atoms with Crippen molar-refractivity contribution in [1.82, 2.24) is 9.97 Å². The molecule has 1 aliphatic carbocycles. The lowest BCUT2D eigenvalue weighted by molar-refractivity contribution is -0.151. The first-order chi connectivity index (χ1) is 7.36. The van der Waals surface area contributed by atoms with E-state index in [4.69, 9.17) is 11.6 Å². The predicted octanol–water partition coefficient (Wildman–Crippen LogP) is 3.40. The number of nitrogens with zero attached hydrogens (tertiary/aromatic N) is 2. The molecule has 1 saturated carbocycles. The summed E-state index contributed by atoms with van der Waals surface area (Å²) < 4.78 is 38.2. The lowest BCUT2D eigenvalue weighted by Gasteiger charge is -2.21. The summed E-state index contributed by atoms with van der Waals surface area (Å²) >= 11 is 8.70. The van der Waals surface area contributed by atoms with Gasteiger partial charge < -0.3 is 5.32 Å². The van der Waals surface area contributed by atoms with Gasteiger partial charge in [0.25, 0.3) is 0 Å². The Hall–Kier alpha value is -0.560. The second kappa shape index (κ2) is 3.73. The third-order valence-electron chi connectivity index (χ3n) is 2.40. The summed E-state index contributed by atoms with van der Waals surface area (Å²) in [5.41, 5.74) is -1.85. The number of rotatable bonds is 2. The molecule has 16 heavy (non-hydrogen) atoms. The Bertz CT molecular complexity index is 419. The van der Waals surface area contributed by atoms with E-state index in [0.717, 1.165) is 6.33 Å². The van der Waals surface area contributed by atoms with Gasteiger partial charge in [-0.2, -0.15) is 13.2 Å². The van der Waals surface area contributed by atoms with Gasteiger partial charge in [-0.25, -0.2) is 9.97 Å². The molecule has 1 aliphatic rings. The molecular weight excluding hydrogens is 310 g/mol. The van der Waals surface area contributed by atoms with Crippen LogP contribution in [0.5, 0.6) is 0 Å². The third kappa shape index (κ3) is 1.98. The van der Waals surface area contributed by atoms with Crippen molar-refractivity contribution in [3.8, 4) is 0 Å². The molecule has 1 aromatic rings. The average molecular weight is 317 g/mol. The van der Waals surface area contributed by atoms with Crippen LogP contribution >= 0.6 is 27.5 Å². The first-order valence-corrected chi connectivity index (χ1v) is 5.54. The molecule has 0 radical (unpaired) electrons. The lowest BCUT2D eigenvalue weighted by atomic mass is 10.2. The molecule has 0 unspecified atom stereocenters. The van der Waals surface area contributed by atoms with E-state index in [1.165, 1.54) is 0 Å². The zero-order chi connectivity index (χ0) is 12.0. The number of alkyl halides is 3. The molecule has 0 spiro atoms. The van der Waals surface area contributed by atoms with Gasteiger partial charge in [-0.3, -0.25) is 0 Å². The minimum Gasteiger partial charge on any atom is -0.355 e. The molecule has 1 N–H and O–H groups in total. The Morgan fingerprint density at radius 2 is 2.00 bits per heavy atom. The molecule has 1 aromatic heterocycles. The minimum absolute atomic E-state index is 0.0462. The molecule has 1 fully saturated rings. The molecule has 0 amide bonds. The predicted molar refractivity (Wildman–Crippen MR) is 56.4 cm³/mol. The first kappa shape index (κ1) is 11.9. The number of halogens is 5. The molecule has 0 atom stereocenters. The fourth-order valence-electron chi connectivity index (χ4n) is 1.27. The van der Waals surface area contributed by atoms with Crippen molar-refractivity contribution >= 4 is 33.3 Å². The maximum atomic E-state index is 12.7. The van der Waals surface area contributed by atoms with Crippen molar-refractivity contribution in [2.75, 3.05) is 5.32 Å². The summed E-state index contributed by atoms with van der Waals surface area (Å²) in [7, 11) is 0. The SMILES string of the molecule is FC(F)(F)C1(Nc2ncnc(Cl)c2Br)CC1. The molecule has 0 saturated heterocycles. The van der Waals surface area contributed by atoms with Crippen molar-refractivity contribution < 1.29 is 13.2 Å². The fourth-order valence-corrected chi connectivity index (χ4v) is 1.70. The van der Waals surface area contributed by atoms with Crippen LogP contribution in [0.1, 0.15) is 12.8 Å². The van der Waals surface area contributed by atoms with E-state index in [-0.39, 0.29) is 28.3 Å². The Morgan fingerprint density at radius 3 is 2.50 bits per heavy atom. The Kier molecular flexibility index (Phi) is 2.78. The van der Waals surface area contributed by atoms with Crippen LogP contribution in [0.3, 0.4) is 0 Å². The molecule has 88 valence electrons. The monoisotopic (exact) mass is 315 g/mol. The van der Waals surface area contributed by atoms with Crippen molar-refractivity contribution in [1.29, 1.82) is 0 Å². The number of nitrogens with one attached hydrogen (secondary N) is 1. The van der Waals surface area contributed by atoms with Crippen LogP contribution < -0.4 is 5.32 Å². The standard InChI is InChI=1S/C8H6BrClF3N3/c9-4-5(10)14-3-15-6(4)16-7(1-2-7)8(11,12)13/h3H,1-2H2,(H,14,15,16). The first-order valence-electron chi connectivity index (χ1n) is 4.37. The van der Waals surface area contributed by atoms with Gasteiger partial charge in [0.05, 0.1) is 4.47 Å². The maximum Gasteiger partial charge on any atom is 0.411 e. The van der Waals surface area contributed by atoms with Crippen LogP contribution in [0.15, 0.2) is 10.8 Å². The van der Waals surface area contributed by atoms with Gasteiger partial charge in [-0.15, -0.1) is 0 Å². The molecule has 0 aromatic carbocycles. The summed E-state index contributed by atoms with van der Waals surface area (Å²) in [5.74, 6) is 0.0647. The van der Waals surface area contributed by atoms with E-state index in [2.05, 4.69) is 31.2 Å². The van der Waals surface area contributed by atoms with Crippen molar-refractivity contribution in [2.45, 2.75) is 24.6 Å². The van der Waals surface area contributed by atoms with Crippen LogP contribution in [0.2, 0.25) is 5.15 Å². The number of aromatic nitrogens is 2. The van der Waals surface area contributed by atoms with Gasteiger partial charge in [-0.1, -0.05) is 11.6 Å². The minimum atomic E-state index is -4.29. The highest BCUT2D eigenvalue weighted by Gasteiger charge is 2.63. The normalized spacial score (nSPS) is 18.3. The van der Waals surface area contributed by atoms with Crippen LogP contribution in [0.4, 0.5) is 19.0 Å². The molecule has 2 rings (SSSR count). The van der Waals surface area contributed by atoms with Gasteiger partial charge in [0.2, 0.25) is 0 Å². The zero-order valence-electron chi connectivity index (χ0n) is 7.78. The van der Waals surface area contributed by atoms with E-state index in [9.17, 15) is 13.2 Å². The highest BCUT2D eigenvalue weighted by Crippen LogP contribution is 2.51. The van der Waals surface area contributed by atoms with Crippen LogP contribution in [-0.4, -0.2) is 21.7 Å². The van der Waals surface area contributed by atoms with Crippen molar-refractivity contribution in [3.63, 3.8) is 0 Å². The zero-order valence-corrected chi connectivity index (χ0v) is 10.1. The summed E-state index contributed by atoms with van der Waals surface area (Å²) in [6.07, 6.45) is -3.08.